The van der Waals surface area contributed by atoms with Crippen LogP contribution in [0, 0.1) is 5.82 Å². The average Bonchev–Trinajstić information content (AvgIpc) is 3.25. The second kappa shape index (κ2) is 11.8. The summed E-state index contributed by atoms with van der Waals surface area (Å²) in [5.41, 5.74) is 1.62. The van der Waals surface area contributed by atoms with E-state index in [4.69, 9.17) is 18.6 Å². The van der Waals surface area contributed by atoms with Crippen LogP contribution in [0.3, 0.4) is 0 Å². The summed E-state index contributed by atoms with van der Waals surface area (Å²) in [5, 5.41) is 0.0955. The van der Waals surface area contributed by atoms with E-state index in [9.17, 15) is 14.0 Å². The molecule has 1 aliphatic heterocycles. The number of halogens is 1. The van der Waals surface area contributed by atoms with E-state index in [0.717, 1.165) is 30.2 Å². The maximum Gasteiger partial charge on any atom is 0.290 e. The number of carbonyl (C=O) groups is 1. The standard InChI is InChI=1S/C32H32FNO6/c1-4-6-17-39-26-13-9-21(18-27(26)38-5-2)29-28-30(35)24-19-22(33)10-14-25(24)40-31(28)32(36)34(29)16-15-20-7-11-23(37-3)12-8-20/h7-14,18-19,29H,4-6,15-17H2,1-3H3. The topological polar surface area (TPSA) is 78.2 Å². The summed E-state index contributed by atoms with van der Waals surface area (Å²) in [6.07, 6.45) is 2.44. The van der Waals surface area contributed by atoms with Gasteiger partial charge in [-0.1, -0.05) is 31.5 Å². The number of unbranched alkanes of at least 4 members (excludes halogenated alkanes) is 1. The quantitative estimate of drug-likeness (QED) is 0.206. The zero-order valence-corrected chi connectivity index (χ0v) is 22.9. The van der Waals surface area contributed by atoms with Gasteiger partial charge >= 0.3 is 0 Å². The van der Waals surface area contributed by atoms with E-state index < -0.39 is 23.2 Å². The number of carbonyl (C=O) groups excluding carboxylic acids is 1. The Morgan fingerprint density at radius 1 is 0.950 bits per heavy atom. The molecule has 0 radical (unpaired) electrons. The average molecular weight is 546 g/mol. The van der Waals surface area contributed by atoms with E-state index in [2.05, 4.69) is 6.92 Å². The number of methoxy groups -OCH3 is 1. The van der Waals surface area contributed by atoms with Gasteiger partial charge in [-0.05, 0) is 73.4 Å². The molecule has 1 atom stereocenters. The molecule has 0 saturated carbocycles. The molecule has 5 rings (SSSR count). The van der Waals surface area contributed by atoms with E-state index in [-0.39, 0.29) is 22.3 Å². The minimum atomic E-state index is -0.742. The van der Waals surface area contributed by atoms with Crippen molar-refractivity contribution in [3.63, 3.8) is 0 Å². The number of rotatable bonds is 11. The largest absolute Gasteiger partial charge is 0.497 e. The maximum absolute atomic E-state index is 14.1. The number of benzene rings is 3. The molecule has 1 aromatic heterocycles. The number of hydrogen-bond donors (Lipinski definition) is 0. The van der Waals surface area contributed by atoms with E-state index in [1.54, 1.807) is 12.0 Å². The van der Waals surface area contributed by atoms with Gasteiger partial charge in [0.15, 0.2) is 16.9 Å². The Balaban J connectivity index is 1.59. The molecule has 0 spiro atoms. The first kappa shape index (κ1) is 27.2. The highest BCUT2D eigenvalue weighted by Crippen LogP contribution is 2.41. The van der Waals surface area contributed by atoms with Crippen molar-refractivity contribution in [2.75, 3.05) is 26.9 Å². The van der Waals surface area contributed by atoms with Crippen LogP contribution in [-0.2, 0) is 6.42 Å². The second-order valence-corrected chi connectivity index (χ2v) is 9.65. The summed E-state index contributed by atoms with van der Waals surface area (Å²) < 4.78 is 37.2. The summed E-state index contributed by atoms with van der Waals surface area (Å²) in [6.45, 7) is 5.26. The van der Waals surface area contributed by atoms with Crippen LogP contribution in [0.15, 0.2) is 69.9 Å². The minimum Gasteiger partial charge on any atom is -0.497 e. The first-order chi connectivity index (χ1) is 19.4. The first-order valence-corrected chi connectivity index (χ1v) is 13.5. The van der Waals surface area contributed by atoms with Gasteiger partial charge in [-0.25, -0.2) is 4.39 Å². The monoisotopic (exact) mass is 545 g/mol. The van der Waals surface area contributed by atoms with Crippen molar-refractivity contribution in [1.82, 2.24) is 4.90 Å². The molecule has 0 aliphatic carbocycles. The van der Waals surface area contributed by atoms with Gasteiger partial charge in [-0.2, -0.15) is 0 Å². The Morgan fingerprint density at radius 2 is 1.75 bits per heavy atom. The van der Waals surface area contributed by atoms with Gasteiger partial charge in [-0.3, -0.25) is 9.59 Å². The van der Waals surface area contributed by atoms with Crippen molar-refractivity contribution in [3.8, 4) is 17.2 Å². The van der Waals surface area contributed by atoms with Gasteiger partial charge in [0, 0.05) is 6.54 Å². The Hall–Kier alpha value is -4.33. The SMILES string of the molecule is CCCCOc1ccc(C2c3c(oc4ccc(F)cc4c3=O)C(=O)N2CCc2ccc(OC)cc2)cc1OCC. The summed E-state index contributed by atoms with van der Waals surface area (Å²) in [6, 6.07) is 16.1. The predicted octanol–water partition coefficient (Wildman–Crippen LogP) is 6.31. The fraction of sp³-hybridized carbons (Fsp3) is 0.312. The Bertz CT molecular complexity index is 1580. The number of fused-ring (bicyclic) bond motifs is 2. The number of ether oxygens (including phenoxy) is 3. The van der Waals surface area contributed by atoms with Gasteiger partial charge in [-0.15, -0.1) is 0 Å². The van der Waals surface area contributed by atoms with Crippen molar-refractivity contribution in [2.24, 2.45) is 0 Å². The predicted molar refractivity (Wildman–Crippen MR) is 150 cm³/mol. The molecule has 0 fully saturated rings. The maximum atomic E-state index is 14.1. The molecule has 2 heterocycles. The molecule has 1 aliphatic rings. The molecule has 40 heavy (non-hydrogen) atoms. The van der Waals surface area contributed by atoms with Crippen LogP contribution < -0.4 is 19.6 Å². The van der Waals surface area contributed by atoms with Crippen LogP contribution in [0.5, 0.6) is 17.2 Å². The number of nitrogens with zero attached hydrogens (tertiary/aromatic N) is 1. The van der Waals surface area contributed by atoms with E-state index in [1.807, 2.05) is 49.4 Å². The van der Waals surface area contributed by atoms with Crippen LogP contribution in [0.1, 0.15) is 60.0 Å². The normalized spacial score (nSPS) is 14.4. The third-order valence-electron chi connectivity index (χ3n) is 7.07. The summed E-state index contributed by atoms with van der Waals surface area (Å²) in [4.78, 5) is 29.2. The second-order valence-electron chi connectivity index (χ2n) is 9.65. The Labute approximate surface area is 232 Å². The number of amides is 1. The molecule has 3 aromatic carbocycles. The van der Waals surface area contributed by atoms with Crippen molar-refractivity contribution >= 4 is 16.9 Å². The third-order valence-corrected chi connectivity index (χ3v) is 7.07. The van der Waals surface area contributed by atoms with Crippen molar-refractivity contribution in [1.29, 1.82) is 0 Å². The smallest absolute Gasteiger partial charge is 0.290 e. The highest BCUT2D eigenvalue weighted by Gasteiger charge is 2.42. The molecule has 208 valence electrons. The highest BCUT2D eigenvalue weighted by atomic mass is 19.1. The van der Waals surface area contributed by atoms with Crippen LogP contribution >= 0.6 is 0 Å². The molecule has 1 unspecified atom stereocenters. The number of hydrogen-bond acceptors (Lipinski definition) is 6. The van der Waals surface area contributed by atoms with Crippen LogP contribution in [0.2, 0.25) is 0 Å². The van der Waals surface area contributed by atoms with Crippen LogP contribution in [-0.4, -0.2) is 37.7 Å². The summed E-state index contributed by atoms with van der Waals surface area (Å²) in [7, 11) is 1.61. The van der Waals surface area contributed by atoms with Gasteiger partial charge < -0.3 is 23.5 Å². The van der Waals surface area contributed by atoms with Gasteiger partial charge in [0.1, 0.15) is 17.1 Å². The first-order valence-electron chi connectivity index (χ1n) is 13.5. The van der Waals surface area contributed by atoms with E-state index in [0.29, 0.717) is 43.2 Å². The lowest BCUT2D eigenvalue weighted by molar-refractivity contribution is 0.0729. The molecule has 7 nitrogen and oxygen atoms in total. The summed E-state index contributed by atoms with van der Waals surface area (Å²) >= 11 is 0. The molecule has 4 aromatic rings. The zero-order valence-electron chi connectivity index (χ0n) is 22.9. The van der Waals surface area contributed by atoms with Crippen LogP contribution in [0.4, 0.5) is 4.39 Å². The Kier molecular flexibility index (Phi) is 8.05. The zero-order chi connectivity index (χ0) is 28.2. The molecular weight excluding hydrogens is 513 g/mol. The highest BCUT2D eigenvalue weighted by molar-refractivity contribution is 5.99. The van der Waals surface area contributed by atoms with Crippen LogP contribution in [0.25, 0.3) is 11.0 Å². The molecule has 0 N–H and O–H groups in total. The molecule has 0 bridgehead atoms. The van der Waals surface area contributed by atoms with E-state index >= 15 is 0 Å². The minimum absolute atomic E-state index is 0.0231. The lowest BCUT2D eigenvalue weighted by Crippen LogP contribution is -2.31. The van der Waals surface area contributed by atoms with Gasteiger partial charge in [0.2, 0.25) is 5.76 Å². The van der Waals surface area contributed by atoms with Gasteiger partial charge in [0.05, 0.1) is 37.3 Å². The molecule has 1 amide bonds. The molecule has 0 saturated heterocycles. The van der Waals surface area contributed by atoms with Crippen molar-refractivity contribution < 1.29 is 27.8 Å². The Morgan fingerprint density at radius 3 is 2.48 bits per heavy atom. The summed E-state index contributed by atoms with van der Waals surface area (Å²) in [5.74, 6) is 0.904. The lowest BCUT2D eigenvalue weighted by Gasteiger charge is -2.26. The molecule has 8 heteroatoms. The van der Waals surface area contributed by atoms with E-state index in [1.165, 1.54) is 12.1 Å². The van der Waals surface area contributed by atoms with Gasteiger partial charge in [0.25, 0.3) is 5.91 Å². The third kappa shape index (κ3) is 5.26. The van der Waals surface area contributed by atoms with Crippen molar-refractivity contribution in [3.05, 3.63) is 99.2 Å². The fourth-order valence-corrected chi connectivity index (χ4v) is 5.02. The molecular formula is C32H32FNO6. The lowest BCUT2D eigenvalue weighted by atomic mass is 9.97. The fourth-order valence-electron chi connectivity index (χ4n) is 5.02. The van der Waals surface area contributed by atoms with Crippen molar-refractivity contribution in [2.45, 2.75) is 39.2 Å².